The molecule has 1 N–H and O–H groups in total. The van der Waals surface area contributed by atoms with Gasteiger partial charge in [0.2, 0.25) is 0 Å². The highest BCUT2D eigenvalue weighted by atomic mass is 35.5. The number of benzene rings is 1. The lowest BCUT2D eigenvalue weighted by Crippen LogP contribution is -2.50. The molecule has 1 fully saturated rings. The van der Waals surface area contributed by atoms with Crippen LogP contribution in [0.4, 0.5) is 5.69 Å². The van der Waals surface area contributed by atoms with Gasteiger partial charge in [-0.1, -0.05) is 23.7 Å². The smallest absolute Gasteiger partial charge is 0.305 e. The Bertz CT molecular complexity index is 477. The highest BCUT2D eigenvalue weighted by Crippen LogP contribution is 2.29. The number of rotatable bonds is 3. The second-order valence-electron chi connectivity index (χ2n) is 3.98. The topological polar surface area (TPSA) is 66.8 Å². The quantitative estimate of drug-likeness (QED) is 0.904. The molecule has 0 saturated carbocycles. The van der Waals surface area contributed by atoms with Crippen LogP contribution in [0.25, 0.3) is 0 Å². The molecule has 0 aliphatic carbocycles. The third kappa shape index (κ3) is 2.63. The van der Waals surface area contributed by atoms with Crippen LogP contribution in [-0.4, -0.2) is 36.2 Å². The number of nitrogens with zero attached hydrogens (tertiary/aromatic N) is 1. The average Bonchev–Trinajstić information content (AvgIpc) is 2.30. The van der Waals surface area contributed by atoms with Gasteiger partial charge in [0.1, 0.15) is 6.61 Å². The highest BCUT2D eigenvalue weighted by Gasteiger charge is 2.32. The molecule has 0 aromatic heterocycles. The summed E-state index contributed by atoms with van der Waals surface area (Å²) in [5.74, 6) is -1.25. The molecule has 1 amide bonds. The Morgan fingerprint density at radius 2 is 2.22 bits per heavy atom. The number of carbonyl (C=O) groups is 2. The first kappa shape index (κ1) is 12.9. The normalized spacial score (nSPS) is 19.9. The maximum atomic E-state index is 11.9. The van der Waals surface area contributed by atoms with Crippen LogP contribution in [0.3, 0.4) is 0 Å². The molecule has 1 unspecified atom stereocenters. The summed E-state index contributed by atoms with van der Waals surface area (Å²) in [6, 6.07) is 6.34. The summed E-state index contributed by atoms with van der Waals surface area (Å²) in [6.07, 6.45) is -0.170. The van der Waals surface area contributed by atoms with E-state index in [1.54, 1.807) is 24.3 Å². The molecule has 1 aliphatic heterocycles. The van der Waals surface area contributed by atoms with E-state index in [9.17, 15) is 9.59 Å². The number of halogens is 1. The van der Waals surface area contributed by atoms with Crippen molar-refractivity contribution in [2.75, 3.05) is 18.1 Å². The predicted octanol–water partition coefficient (Wildman–Crippen LogP) is 1.55. The van der Waals surface area contributed by atoms with E-state index in [-0.39, 0.29) is 25.5 Å². The van der Waals surface area contributed by atoms with Crippen molar-refractivity contribution in [2.24, 2.45) is 0 Å². The Hall–Kier alpha value is -1.59. The number of anilines is 1. The molecule has 1 atom stereocenters. The zero-order valence-electron chi connectivity index (χ0n) is 9.51. The summed E-state index contributed by atoms with van der Waals surface area (Å²) >= 11 is 6.04. The average molecular weight is 270 g/mol. The van der Waals surface area contributed by atoms with E-state index >= 15 is 0 Å². The summed E-state index contributed by atoms with van der Waals surface area (Å²) in [4.78, 5) is 24.1. The first-order valence-corrected chi connectivity index (χ1v) is 5.83. The van der Waals surface area contributed by atoms with Gasteiger partial charge in [0.15, 0.2) is 0 Å². The number of hydrogen-bond acceptors (Lipinski definition) is 3. The Morgan fingerprint density at radius 1 is 1.50 bits per heavy atom. The molecule has 5 nitrogen and oxygen atoms in total. The number of aliphatic carboxylic acids is 1. The van der Waals surface area contributed by atoms with Gasteiger partial charge in [0, 0.05) is 0 Å². The Balaban J connectivity index is 2.33. The van der Waals surface area contributed by atoms with E-state index in [0.717, 1.165) is 0 Å². The van der Waals surface area contributed by atoms with Gasteiger partial charge in [-0.25, -0.2) is 0 Å². The van der Waals surface area contributed by atoms with Gasteiger partial charge < -0.3 is 14.7 Å². The summed E-state index contributed by atoms with van der Waals surface area (Å²) in [5, 5.41) is 9.28. The molecule has 1 heterocycles. The first-order chi connectivity index (χ1) is 8.59. The van der Waals surface area contributed by atoms with Gasteiger partial charge in [-0.15, -0.1) is 0 Å². The number of carboxylic acids is 1. The van der Waals surface area contributed by atoms with Crippen molar-refractivity contribution in [3.8, 4) is 0 Å². The van der Waals surface area contributed by atoms with Crippen LogP contribution in [0, 0.1) is 0 Å². The number of ether oxygens (including phenoxy) is 1. The SMILES string of the molecule is O=C(O)CC1COCC(=O)N1c1ccccc1Cl. The number of morpholine rings is 1. The summed E-state index contributed by atoms with van der Waals surface area (Å²) in [7, 11) is 0. The second-order valence-corrected chi connectivity index (χ2v) is 4.39. The second kappa shape index (κ2) is 5.37. The lowest BCUT2D eigenvalue weighted by Gasteiger charge is -2.35. The van der Waals surface area contributed by atoms with Gasteiger partial charge in [0.25, 0.3) is 5.91 Å². The Morgan fingerprint density at radius 3 is 2.89 bits per heavy atom. The zero-order valence-corrected chi connectivity index (χ0v) is 10.3. The molecule has 1 aliphatic rings. The van der Waals surface area contributed by atoms with Crippen LogP contribution in [0.2, 0.25) is 5.02 Å². The van der Waals surface area contributed by atoms with Crippen molar-refractivity contribution in [1.29, 1.82) is 0 Å². The van der Waals surface area contributed by atoms with E-state index < -0.39 is 12.0 Å². The molecular weight excluding hydrogens is 258 g/mol. The molecule has 1 aromatic carbocycles. The van der Waals surface area contributed by atoms with Crippen LogP contribution < -0.4 is 4.90 Å². The third-order valence-corrected chi connectivity index (χ3v) is 3.01. The minimum Gasteiger partial charge on any atom is -0.481 e. The lowest BCUT2D eigenvalue weighted by molar-refractivity contribution is -0.138. The summed E-state index contributed by atoms with van der Waals surface area (Å²) < 4.78 is 5.09. The lowest BCUT2D eigenvalue weighted by atomic mass is 10.1. The van der Waals surface area contributed by atoms with Crippen molar-refractivity contribution in [2.45, 2.75) is 12.5 Å². The van der Waals surface area contributed by atoms with Crippen LogP contribution in [-0.2, 0) is 14.3 Å². The maximum Gasteiger partial charge on any atom is 0.305 e. The highest BCUT2D eigenvalue weighted by molar-refractivity contribution is 6.33. The summed E-state index contributed by atoms with van der Waals surface area (Å²) in [6.45, 7) is 0.143. The third-order valence-electron chi connectivity index (χ3n) is 2.69. The van der Waals surface area contributed by atoms with Crippen molar-refractivity contribution in [1.82, 2.24) is 0 Å². The molecule has 1 aromatic rings. The molecule has 6 heteroatoms. The van der Waals surface area contributed by atoms with Crippen LogP contribution in [0.5, 0.6) is 0 Å². The molecule has 18 heavy (non-hydrogen) atoms. The Kier molecular flexibility index (Phi) is 3.84. The molecule has 1 saturated heterocycles. The van der Waals surface area contributed by atoms with E-state index in [0.29, 0.717) is 10.7 Å². The van der Waals surface area contributed by atoms with E-state index in [1.807, 2.05) is 0 Å². The fourth-order valence-electron chi connectivity index (χ4n) is 1.96. The number of amides is 1. The minimum atomic E-state index is -0.977. The predicted molar refractivity (Wildman–Crippen MR) is 65.8 cm³/mol. The summed E-state index contributed by atoms with van der Waals surface area (Å²) in [5.41, 5.74) is 0.527. The van der Waals surface area contributed by atoms with Gasteiger partial charge in [-0.3, -0.25) is 9.59 Å². The van der Waals surface area contributed by atoms with Crippen molar-refractivity contribution in [3.63, 3.8) is 0 Å². The largest absolute Gasteiger partial charge is 0.481 e. The van der Waals surface area contributed by atoms with Gasteiger partial charge in [-0.2, -0.15) is 0 Å². The van der Waals surface area contributed by atoms with Crippen molar-refractivity contribution >= 4 is 29.2 Å². The van der Waals surface area contributed by atoms with Crippen LogP contribution >= 0.6 is 11.6 Å². The molecule has 2 rings (SSSR count). The molecule has 96 valence electrons. The first-order valence-electron chi connectivity index (χ1n) is 5.45. The number of hydrogen-bond donors (Lipinski definition) is 1. The van der Waals surface area contributed by atoms with Gasteiger partial charge in [0.05, 0.1) is 29.8 Å². The van der Waals surface area contributed by atoms with Crippen LogP contribution in [0.15, 0.2) is 24.3 Å². The van der Waals surface area contributed by atoms with Gasteiger partial charge in [-0.05, 0) is 12.1 Å². The molecule has 0 spiro atoms. The number of para-hydroxylation sites is 1. The van der Waals surface area contributed by atoms with Crippen molar-refractivity contribution < 1.29 is 19.4 Å². The minimum absolute atomic E-state index is 0.0542. The van der Waals surface area contributed by atoms with E-state index in [2.05, 4.69) is 0 Å². The zero-order chi connectivity index (χ0) is 13.1. The van der Waals surface area contributed by atoms with E-state index in [1.165, 1.54) is 4.90 Å². The number of carbonyl (C=O) groups excluding carboxylic acids is 1. The molecule has 0 radical (unpaired) electrons. The molecule has 0 bridgehead atoms. The maximum absolute atomic E-state index is 11.9. The van der Waals surface area contributed by atoms with Crippen LogP contribution in [0.1, 0.15) is 6.42 Å². The molecular formula is C12H12ClNO4. The number of carboxylic acid groups (broad SMARTS) is 1. The van der Waals surface area contributed by atoms with Gasteiger partial charge >= 0.3 is 5.97 Å². The fourth-order valence-corrected chi connectivity index (χ4v) is 2.19. The van der Waals surface area contributed by atoms with E-state index in [4.69, 9.17) is 21.4 Å². The standard InChI is InChI=1S/C12H12ClNO4/c13-9-3-1-2-4-10(9)14-8(5-12(16)17)6-18-7-11(14)15/h1-4,8H,5-7H2,(H,16,17). The van der Waals surface area contributed by atoms with Crippen molar-refractivity contribution in [3.05, 3.63) is 29.3 Å². The Labute approximate surface area is 109 Å². The fraction of sp³-hybridized carbons (Fsp3) is 0.333. The monoisotopic (exact) mass is 269 g/mol.